The monoisotopic (exact) mass is 428 g/mol. The third kappa shape index (κ3) is 3.57. The first kappa shape index (κ1) is 20.7. The lowest BCUT2D eigenvalue weighted by atomic mass is 9.93. The average Bonchev–Trinajstić information content (AvgIpc) is 3.08. The number of fused-ring (bicyclic) bond motifs is 2. The van der Waals surface area contributed by atoms with E-state index in [4.69, 9.17) is 4.74 Å². The molecule has 1 aliphatic rings. The number of hydrogen-bond donors (Lipinski definition) is 1. The number of aromatic nitrogens is 1. The summed E-state index contributed by atoms with van der Waals surface area (Å²) in [5.41, 5.74) is 4.44. The number of ether oxygens (including phenoxy) is 1. The number of morpholine rings is 1. The van der Waals surface area contributed by atoms with Crippen molar-refractivity contribution in [2.45, 2.75) is 20.4 Å². The number of carbonyl (C=O) groups excluding carboxylic acids is 1. The Hall–Kier alpha value is -3.15. The van der Waals surface area contributed by atoms with E-state index in [1.807, 2.05) is 43.3 Å². The van der Waals surface area contributed by atoms with E-state index in [9.17, 15) is 9.90 Å². The Morgan fingerprint density at radius 2 is 1.69 bits per heavy atom. The molecule has 0 atom stereocenters. The summed E-state index contributed by atoms with van der Waals surface area (Å²) in [5.74, 6) is 0.171. The summed E-state index contributed by atoms with van der Waals surface area (Å²) in [4.78, 5) is 16.3. The molecule has 2 heterocycles. The lowest BCUT2D eigenvalue weighted by Gasteiger charge is -2.27. The van der Waals surface area contributed by atoms with Crippen LogP contribution in [-0.2, 0) is 11.3 Å². The fourth-order valence-electron chi connectivity index (χ4n) is 4.89. The highest BCUT2D eigenvalue weighted by atomic mass is 16.5. The minimum Gasteiger partial charge on any atom is -0.508 e. The molecule has 1 N–H and O–H groups in total. The predicted octanol–water partition coefficient (Wildman–Crippen LogP) is 4.68. The van der Waals surface area contributed by atoms with Gasteiger partial charge in [0.15, 0.2) is 5.78 Å². The molecule has 164 valence electrons. The summed E-state index contributed by atoms with van der Waals surface area (Å²) in [7, 11) is 0. The van der Waals surface area contributed by atoms with Gasteiger partial charge in [-0.15, -0.1) is 0 Å². The van der Waals surface area contributed by atoms with E-state index in [-0.39, 0.29) is 11.5 Å². The topological polar surface area (TPSA) is 54.7 Å². The zero-order valence-electron chi connectivity index (χ0n) is 18.6. The summed E-state index contributed by atoms with van der Waals surface area (Å²) in [6.45, 7) is 9.16. The molecule has 0 saturated carbocycles. The van der Waals surface area contributed by atoms with Crippen molar-refractivity contribution in [1.29, 1.82) is 0 Å². The third-order valence-electron chi connectivity index (χ3n) is 6.66. The van der Waals surface area contributed by atoms with Crippen LogP contribution in [-0.4, -0.2) is 53.2 Å². The summed E-state index contributed by atoms with van der Waals surface area (Å²) < 4.78 is 7.68. The fourth-order valence-corrected chi connectivity index (χ4v) is 4.89. The van der Waals surface area contributed by atoms with Gasteiger partial charge in [-0.3, -0.25) is 9.69 Å². The Bertz CT molecular complexity index is 1320. The summed E-state index contributed by atoms with van der Waals surface area (Å²) in [6, 6.07) is 17.3. The summed E-state index contributed by atoms with van der Waals surface area (Å²) in [5, 5.41) is 13.1. The molecule has 3 aromatic carbocycles. The average molecular weight is 429 g/mol. The first-order chi connectivity index (χ1) is 15.5. The van der Waals surface area contributed by atoms with Crippen molar-refractivity contribution in [1.82, 2.24) is 9.47 Å². The van der Waals surface area contributed by atoms with Crippen LogP contribution in [0.2, 0.25) is 0 Å². The smallest absolute Gasteiger partial charge is 0.196 e. The molecule has 5 rings (SSSR count). The highest BCUT2D eigenvalue weighted by Gasteiger charge is 2.23. The van der Waals surface area contributed by atoms with Crippen molar-refractivity contribution >= 4 is 27.5 Å². The highest BCUT2D eigenvalue weighted by Crippen LogP contribution is 2.33. The molecule has 1 saturated heterocycles. The Kier molecular flexibility index (Phi) is 5.45. The Labute approximate surface area is 187 Å². The molecule has 5 nitrogen and oxygen atoms in total. The lowest BCUT2D eigenvalue weighted by Crippen LogP contribution is -2.38. The molecule has 0 aliphatic carbocycles. The first-order valence-electron chi connectivity index (χ1n) is 11.2. The zero-order chi connectivity index (χ0) is 22.2. The second-order valence-corrected chi connectivity index (χ2v) is 8.57. The standard InChI is InChI=1S/C27H28N2O3/c1-18-7-9-23(22-6-4-3-5-21(18)22)27(31)26-19(2)29(12-11-28-13-15-32-16-14-28)25-10-8-20(30)17-24(25)26/h3-10,17,30H,11-16H2,1-2H3. The minimum absolute atomic E-state index is 0.000535. The van der Waals surface area contributed by atoms with Gasteiger partial charge in [-0.05, 0) is 48.4 Å². The molecule has 32 heavy (non-hydrogen) atoms. The molecule has 1 aliphatic heterocycles. The van der Waals surface area contributed by atoms with Crippen molar-refractivity contribution in [3.63, 3.8) is 0 Å². The van der Waals surface area contributed by atoms with Crippen LogP contribution in [0, 0.1) is 13.8 Å². The van der Waals surface area contributed by atoms with Gasteiger partial charge in [-0.25, -0.2) is 0 Å². The highest BCUT2D eigenvalue weighted by molar-refractivity contribution is 6.22. The van der Waals surface area contributed by atoms with E-state index in [2.05, 4.69) is 22.5 Å². The van der Waals surface area contributed by atoms with Gasteiger partial charge in [-0.1, -0.05) is 36.4 Å². The van der Waals surface area contributed by atoms with Crippen molar-refractivity contribution in [2.24, 2.45) is 0 Å². The van der Waals surface area contributed by atoms with Crippen LogP contribution in [0.15, 0.2) is 54.6 Å². The number of ketones is 1. The molecule has 5 heteroatoms. The maximum atomic E-state index is 13.9. The van der Waals surface area contributed by atoms with E-state index in [1.54, 1.807) is 12.1 Å². The maximum Gasteiger partial charge on any atom is 0.196 e. The maximum absolute atomic E-state index is 13.9. The van der Waals surface area contributed by atoms with Gasteiger partial charge in [0.25, 0.3) is 0 Å². The van der Waals surface area contributed by atoms with Gasteiger partial charge < -0.3 is 14.4 Å². The number of aryl methyl sites for hydroxylation is 1. The normalized spacial score (nSPS) is 14.9. The quantitative estimate of drug-likeness (QED) is 0.469. The van der Waals surface area contributed by atoms with Crippen molar-refractivity contribution in [3.8, 4) is 5.75 Å². The molecule has 1 aromatic heterocycles. The SMILES string of the molecule is Cc1ccc(C(=O)c2c(C)n(CCN3CCOCC3)c3ccc(O)cc23)c2ccccc12. The number of phenols is 1. The summed E-state index contributed by atoms with van der Waals surface area (Å²) in [6.07, 6.45) is 0. The molecule has 0 unspecified atom stereocenters. The van der Waals surface area contributed by atoms with Crippen LogP contribution in [0.3, 0.4) is 0 Å². The molecular formula is C27H28N2O3. The molecule has 0 radical (unpaired) electrons. The Balaban J connectivity index is 1.61. The van der Waals surface area contributed by atoms with E-state index in [0.29, 0.717) is 11.1 Å². The van der Waals surface area contributed by atoms with Crippen molar-refractivity contribution in [3.05, 3.63) is 77.0 Å². The van der Waals surface area contributed by atoms with Crippen LogP contribution in [0.5, 0.6) is 5.75 Å². The molecule has 0 spiro atoms. The lowest BCUT2D eigenvalue weighted by molar-refractivity contribution is 0.0365. The van der Waals surface area contributed by atoms with E-state index in [0.717, 1.165) is 72.3 Å². The molecular weight excluding hydrogens is 400 g/mol. The van der Waals surface area contributed by atoms with Crippen molar-refractivity contribution < 1.29 is 14.6 Å². The van der Waals surface area contributed by atoms with Gasteiger partial charge in [-0.2, -0.15) is 0 Å². The van der Waals surface area contributed by atoms with Crippen molar-refractivity contribution in [2.75, 3.05) is 32.8 Å². The van der Waals surface area contributed by atoms with Gasteiger partial charge in [0.1, 0.15) is 5.75 Å². The van der Waals surface area contributed by atoms with Crippen LogP contribution in [0.1, 0.15) is 27.2 Å². The molecule has 0 amide bonds. The van der Waals surface area contributed by atoms with Gasteiger partial charge >= 0.3 is 0 Å². The molecule has 4 aromatic rings. The number of aromatic hydroxyl groups is 1. The molecule has 0 bridgehead atoms. The Morgan fingerprint density at radius 3 is 2.47 bits per heavy atom. The Morgan fingerprint density at radius 1 is 0.938 bits per heavy atom. The van der Waals surface area contributed by atoms with Crippen LogP contribution in [0.25, 0.3) is 21.7 Å². The fraction of sp³-hybridized carbons (Fsp3) is 0.296. The van der Waals surface area contributed by atoms with Crippen LogP contribution < -0.4 is 0 Å². The van der Waals surface area contributed by atoms with Gasteiger partial charge in [0, 0.05) is 48.3 Å². The number of hydrogen-bond acceptors (Lipinski definition) is 4. The van der Waals surface area contributed by atoms with Crippen LogP contribution in [0.4, 0.5) is 0 Å². The minimum atomic E-state index is -0.000535. The number of rotatable bonds is 5. The van der Waals surface area contributed by atoms with Crippen LogP contribution >= 0.6 is 0 Å². The second kappa shape index (κ2) is 8.41. The number of nitrogens with zero attached hydrogens (tertiary/aromatic N) is 2. The number of benzene rings is 3. The third-order valence-corrected chi connectivity index (χ3v) is 6.66. The van der Waals surface area contributed by atoms with Gasteiger partial charge in [0.05, 0.1) is 18.8 Å². The second-order valence-electron chi connectivity index (χ2n) is 8.57. The number of phenolic OH excluding ortho intramolecular Hbond substituents is 1. The van der Waals surface area contributed by atoms with E-state index < -0.39 is 0 Å². The van der Waals surface area contributed by atoms with E-state index >= 15 is 0 Å². The zero-order valence-corrected chi connectivity index (χ0v) is 18.6. The summed E-state index contributed by atoms with van der Waals surface area (Å²) >= 11 is 0. The first-order valence-corrected chi connectivity index (χ1v) is 11.2. The van der Waals surface area contributed by atoms with Gasteiger partial charge in [0.2, 0.25) is 0 Å². The van der Waals surface area contributed by atoms with E-state index in [1.165, 1.54) is 0 Å². The predicted molar refractivity (Wildman–Crippen MR) is 128 cm³/mol. The molecule has 1 fully saturated rings. The largest absolute Gasteiger partial charge is 0.508 e. The number of carbonyl (C=O) groups is 1.